The third-order valence-electron chi connectivity index (χ3n) is 4.41. The van der Waals surface area contributed by atoms with Gasteiger partial charge in [-0.25, -0.2) is 4.98 Å². The number of aromatic nitrogens is 1. The van der Waals surface area contributed by atoms with E-state index in [0.717, 1.165) is 18.1 Å². The molecule has 0 spiro atoms. The molecule has 5 nitrogen and oxygen atoms in total. The first-order chi connectivity index (χ1) is 13.9. The summed E-state index contributed by atoms with van der Waals surface area (Å²) in [7, 11) is 1.95. The number of halogens is 3. The average molecular weight is 403 g/mol. The highest BCUT2D eigenvalue weighted by Gasteiger charge is 2.35. The van der Waals surface area contributed by atoms with E-state index < -0.39 is 17.6 Å². The van der Waals surface area contributed by atoms with Crippen LogP contribution < -0.4 is 10.2 Å². The molecule has 0 unspecified atom stereocenters. The Morgan fingerprint density at radius 2 is 1.79 bits per heavy atom. The molecule has 8 heteroatoms. The van der Waals surface area contributed by atoms with Gasteiger partial charge in [0.2, 0.25) is 0 Å². The first-order valence-electron chi connectivity index (χ1n) is 9.02. The summed E-state index contributed by atoms with van der Waals surface area (Å²) in [4.78, 5) is 18.3. The second-order valence-electron chi connectivity index (χ2n) is 6.44. The van der Waals surface area contributed by atoms with Crippen LogP contribution in [0.2, 0.25) is 0 Å². The summed E-state index contributed by atoms with van der Waals surface area (Å²) >= 11 is 0. The molecule has 3 rings (SSSR count). The fraction of sp³-hybridized carbons (Fsp3) is 0.238. The first-order valence-corrected chi connectivity index (χ1v) is 9.02. The SMILES string of the molecule is CN(CCCNC(=O)c1ncoc1-c1ccccc1C(F)(F)F)c1ccccc1. The van der Waals surface area contributed by atoms with Crippen molar-refractivity contribution in [2.75, 3.05) is 25.0 Å². The van der Waals surface area contributed by atoms with E-state index in [2.05, 4.69) is 10.3 Å². The molecule has 1 amide bonds. The number of amides is 1. The van der Waals surface area contributed by atoms with E-state index in [4.69, 9.17) is 4.42 Å². The number of carbonyl (C=O) groups excluding carboxylic acids is 1. The third kappa shape index (κ3) is 4.96. The van der Waals surface area contributed by atoms with Gasteiger partial charge < -0.3 is 14.6 Å². The number of hydrogen-bond acceptors (Lipinski definition) is 4. The highest BCUT2D eigenvalue weighted by Crippen LogP contribution is 2.37. The molecule has 1 heterocycles. The van der Waals surface area contributed by atoms with Gasteiger partial charge >= 0.3 is 6.18 Å². The van der Waals surface area contributed by atoms with E-state index in [0.29, 0.717) is 19.5 Å². The van der Waals surface area contributed by atoms with Crippen LogP contribution in [-0.4, -0.2) is 31.0 Å². The minimum atomic E-state index is -4.57. The smallest absolute Gasteiger partial charge is 0.417 e. The maximum atomic E-state index is 13.3. The minimum absolute atomic E-state index is 0.168. The van der Waals surface area contributed by atoms with Gasteiger partial charge in [-0.2, -0.15) is 13.2 Å². The van der Waals surface area contributed by atoms with Crippen molar-refractivity contribution in [2.24, 2.45) is 0 Å². The fourth-order valence-corrected chi connectivity index (χ4v) is 2.94. The molecule has 1 aromatic heterocycles. The van der Waals surface area contributed by atoms with Crippen LogP contribution in [0.3, 0.4) is 0 Å². The van der Waals surface area contributed by atoms with Gasteiger partial charge in [0.05, 0.1) is 5.56 Å². The van der Waals surface area contributed by atoms with Gasteiger partial charge in [-0.1, -0.05) is 36.4 Å². The number of rotatable bonds is 7. The Morgan fingerprint density at radius 1 is 1.10 bits per heavy atom. The van der Waals surface area contributed by atoms with Crippen LogP contribution in [-0.2, 0) is 6.18 Å². The van der Waals surface area contributed by atoms with Crippen molar-refractivity contribution >= 4 is 11.6 Å². The average Bonchev–Trinajstić information content (AvgIpc) is 3.21. The highest BCUT2D eigenvalue weighted by atomic mass is 19.4. The fourth-order valence-electron chi connectivity index (χ4n) is 2.94. The topological polar surface area (TPSA) is 58.4 Å². The molecule has 0 aliphatic rings. The monoisotopic (exact) mass is 403 g/mol. The van der Waals surface area contributed by atoms with Gasteiger partial charge in [-0.05, 0) is 24.6 Å². The Kier molecular flexibility index (Phi) is 6.21. The number of nitrogens with one attached hydrogen (secondary N) is 1. The molecule has 0 saturated heterocycles. The summed E-state index contributed by atoms with van der Waals surface area (Å²) in [5.74, 6) is -0.773. The molecule has 3 aromatic rings. The van der Waals surface area contributed by atoms with Crippen LogP contribution in [0.25, 0.3) is 11.3 Å². The standard InChI is InChI=1S/C21H20F3N3O2/c1-27(15-8-3-2-4-9-15)13-7-12-25-20(28)18-19(29-14-26-18)16-10-5-6-11-17(16)21(22,23)24/h2-6,8-11,14H,7,12-13H2,1H3,(H,25,28). The molecule has 0 bridgehead atoms. The molecule has 0 atom stereocenters. The molecule has 152 valence electrons. The summed E-state index contributed by atoms with van der Waals surface area (Å²) in [6.45, 7) is 1.05. The van der Waals surface area contributed by atoms with Crippen LogP contribution in [0.15, 0.2) is 65.4 Å². The Hall–Kier alpha value is -3.29. The van der Waals surface area contributed by atoms with E-state index in [-0.39, 0.29) is 17.0 Å². The normalized spacial score (nSPS) is 11.3. The predicted molar refractivity (Wildman–Crippen MR) is 104 cm³/mol. The molecule has 29 heavy (non-hydrogen) atoms. The summed E-state index contributed by atoms with van der Waals surface area (Å²) in [6, 6.07) is 14.7. The van der Waals surface area contributed by atoms with Crippen molar-refractivity contribution in [1.82, 2.24) is 10.3 Å². The second kappa shape index (κ2) is 8.81. The number of alkyl halides is 3. The first kappa shape index (κ1) is 20.4. The Labute approximate surface area is 166 Å². The maximum absolute atomic E-state index is 13.3. The van der Waals surface area contributed by atoms with Crippen LogP contribution in [0.5, 0.6) is 0 Å². The van der Waals surface area contributed by atoms with Crippen molar-refractivity contribution in [3.8, 4) is 11.3 Å². The Balaban J connectivity index is 1.63. The van der Waals surface area contributed by atoms with E-state index in [1.54, 1.807) is 0 Å². The molecule has 2 aromatic carbocycles. The van der Waals surface area contributed by atoms with Crippen LogP contribution >= 0.6 is 0 Å². The predicted octanol–water partition coefficient (Wildman–Crippen LogP) is 4.62. The minimum Gasteiger partial charge on any atom is -0.443 e. The van der Waals surface area contributed by atoms with Gasteiger partial charge in [-0.15, -0.1) is 0 Å². The van der Waals surface area contributed by atoms with Crippen molar-refractivity contribution < 1.29 is 22.4 Å². The number of oxazole rings is 1. The quantitative estimate of drug-likeness (QED) is 0.585. The van der Waals surface area contributed by atoms with Gasteiger partial charge in [0.15, 0.2) is 17.8 Å². The molecule has 0 radical (unpaired) electrons. The largest absolute Gasteiger partial charge is 0.443 e. The molecular formula is C21H20F3N3O2. The molecule has 0 aliphatic heterocycles. The van der Waals surface area contributed by atoms with Gasteiger partial charge in [0.1, 0.15) is 0 Å². The summed E-state index contributed by atoms with van der Waals surface area (Å²) in [5.41, 5.74) is -0.207. The Bertz CT molecular complexity index is 955. The number of para-hydroxylation sites is 1. The lowest BCUT2D eigenvalue weighted by molar-refractivity contribution is -0.137. The van der Waals surface area contributed by atoms with Crippen molar-refractivity contribution in [3.05, 3.63) is 72.2 Å². The third-order valence-corrected chi connectivity index (χ3v) is 4.41. The second-order valence-corrected chi connectivity index (χ2v) is 6.44. The zero-order valence-corrected chi connectivity index (χ0v) is 15.7. The molecule has 0 saturated carbocycles. The molecule has 1 N–H and O–H groups in total. The van der Waals surface area contributed by atoms with Crippen LogP contribution in [0.1, 0.15) is 22.5 Å². The lowest BCUT2D eigenvalue weighted by Gasteiger charge is -2.19. The maximum Gasteiger partial charge on any atom is 0.417 e. The van der Waals surface area contributed by atoms with Gasteiger partial charge in [-0.3, -0.25) is 4.79 Å². The highest BCUT2D eigenvalue weighted by molar-refractivity contribution is 5.97. The summed E-state index contributed by atoms with van der Waals surface area (Å²) in [5, 5.41) is 2.69. The van der Waals surface area contributed by atoms with E-state index in [9.17, 15) is 18.0 Å². The lowest BCUT2D eigenvalue weighted by atomic mass is 10.0. The molecule has 0 fully saturated rings. The van der Waals surface area contributed by atoms with E-state index in [1.165, 1.54) is 18.2 Å². The number of hydrogen-bond donors (Lipinski definition) is 1. The zero-order valence-electron chi connectivity index (χ0n) is 15.7. The Morgan fingerprint density at radius 3 is 2.52 bits per heavy atom. The van der Waals surface area contributed by atoms with Gasteiger partial charge in [0, 0.05) is 31.4 Å². The molecular weight excluding hydrogens is 383 g/mol. The van der Waals surface area contributed by atoms with Crippen molar-refractivity contribution in [1.29, 1.82) is 0 Å². The molecule has 0 aliphatic carbocycles. The number of anilines is 1. The van der Waals surface area contributed by atoms with Crippen LogP contribution in [0, 0.1) is 0 Å². The van der Waals surface area contributed by atoms with Crippen molar-refractivity contribution in [3.63, 3.8) is 0 Å². The summed E-state index contributed by atoms with van der Waals surface area (Å²) < 4.78 is 44.9. The summed E-state index contributed by atoms with van der Waals surface area (Å²) in [6.07, 6.45) is -2.94. The number of carbonyl (C=O) groups is 1. The van der Waals surface area contributed by atoms with Crippen LogP contribution in [0.4, 0.5) is 18.9 Å². The van der Waals surface area contributed by atoms with Crippen molar-refractivity contribution in [2.45, 2.75) is 12.6 Å². The van der Waals surface area contributed by atoms with E-state index in [1.807, 2.05) is 42.3 Å². The number of nitrogens with zero attached hydrogens (tertiary/aromatic N) is 2. The van der Waals surface area contributed by atoms with E-state index >= 15 is 0 Å². The van der Waals surface area contributed by atoms with Gasteiger partial charge in [0.25, 0.3) is 5.91 Å². The number of benzene rings is 2. The lowest BCUT2D eigenvalue weighted by Crippen LogP contribution is -2.28. The zero-order chi connectivity index (χ0) is 20.9.